The van der Waals surface area contributed by atoms with Crippen molar-refractivity contribution < 1.29 is 4.79 Å². The normalized spacial score (nSPS) is 11.1. The van der Waals surface area contributed by atoms with Gasteiger partial charge in [0, 0.05) is 13.1 Å². The van der Waals surface area contributed by atoms with Crippen LogP contribution in [0.25, 0.3) is 5.69 Å². The average Bonchev–Trinajstić information content (AvgIpc) is 2.70. The van der Waals surface area contributed by atoms with E-state index in [1.165, 1.54) is 0 Å². The van der Waals surface area contributed by atoms with Crippen molar-refractivity contribution >= 4 is 5.91 Å². The fourth-order valence-corrected chi connectivity index (χ4v) is 3.51. The van der Waals surface area contributed by atoms with Crippen LogP contribution in [0.4, 0.5) is 0 Å². The van der Waals surface area contributed by atoms with Crippen molar-refractivity contribution in [3.63, 3.8) is 0 Å². The molecule has 0 saturated heterocycles. The van der Waals surface area contributed by atoms with Crippen LogP contribution in [0.1, 0.15) is 32.7 Å². The van der Waals surface area contributed by atoms with Gasteiger partial charge in [0.1, 0.15) is 0 Å². The molecule has 0 spiro atoms. The molecule has 1 amide bonds. The van der Waals surface area contributed by atoms with Crippen LogP contribution in [-0.2, 0) is 6.54 Å². The number of hydrogen-bond donors (Lipinski definition) is 1. The van der Waals surface area contributed by atoms with E-state index in [0.29, 0.717) is 18.8 Å². The van der Waals surface area contributed by atoms with Crippen molar-refractivity contribution in [2.45, 2.75) is 27.3 Å². The Morgan fingerprint density at radius 2 is 1.69 bits per heavy atom. The predicted molar refractivity (Wildman–Crippen MR) is 125 cm³/mol. The Balaban J connectivity index is 2.15. The quantitative estimate of drug-likeness (QED) is 0.610. The highest BCUT2D eigenvalue weighted by Crippen LogP contribution is 2.11. The second-order valence-electron chi connectivity index (χ2n) is 8.33. The van der Waals surface area contributed by atoms with Crippen LogP contribution in [0, 0.1) is 20.8 Å². The van der Waals surface area contributed by atoms with Crippen molar-refractivity contribution in [2.24, 2.45) is 0 Å². The SMILES string of the molecule is Cc1cccc(Cn2c(=O)c(C(=O)NCCN(C)C)nn(-c3cc(C)cc(C)c3)c2=O)c1. The maximum atomic E-state index is 13.3. The monoisotopic (exact) mass is 435 g/mol. The number of nitrogens with zero attached hydrogens (tertiary/aromatic N) is 4. The lowest BCUT2D eigenvalue weighted by atomic mass is 10.1. The molecule has 0 unspecified atom stereocenters. The second-order valence-corrected chi connectivity index (χ2v) is 8.33. The Hall–Kier alpha value is -3.52. The summed E-state index contributed by atoms with van der Waals surface area (Å²) in [5.74, 6) is -0.604. The number of aromatic nitrogens is 3. The van der Waals surface area contributed by atoms with E-state index in [4.69, 9.17) is 0 Å². The van der Waals surface area contributed by atoms with Gasteiger partial charge in [0.05, 0.1) is 12.2 Å². The summed E-state index contributed by atoms with van der Waals surface area (Å²) in [4.78, 5) is 41.2. The van der Waals surface area contributed by atoms with Crippen LogP contribution in [0.5, 0.6) is 0 Å². The van der Waals surface area contributed by atoms with Crippen LogP contribution in [0.15, 0.2) is 52.1 Å². The molecule has 168 valence electrons. The van der Waals surface area contributed by atoms with Crippen LogP contribution in [0.3, 0.4) is 0 Å². The number of carbonyl (C=O) groups is 1. The van der Waals surface area contributed by atoms with Gasteiger partial charge in [0.25, 0.3) is 11.5 Å². The third-order valence-corrected chi connectivity index (χ3v) is 4.99. The molecule has 1 heterocycles. The first-order valence-electron chi connectivity index (χ1n) is 10.5. The van der Waals surface area contributed by atoms with Gasteiger partial charge < -0.3 is 10.2 Å². The van der Waals surface area contributed by atoms with Crippen LogP contribution in [-0.4, -0.2) is 52.3 Å². The molecule has 0 atom stereocenters. The number of aryl methyl sites for hydroxylation is 3. The van der Waals surface area contributed by atoms with E-state index in [0.717, 1.165) is 31.5 Å². The molecule has 32 heavy (non-hydrogen) atoms. The molecule has 2 aromatic carbocycles. The minimum Gasteiger partial charge on any atom is -0.349 e. The van der Waals surface area contributed by atoms with Crippen molar-refractivity contribution in [1.29, 1.82) is 0 Å². The Morgan fingerprint density at radius 1 is 1.00 bits per heavy atom. The first-order chi connectivity index (χ1) is 15.2. The van der Waals surface area contributed by atoms with Gasteiger partial charge in [0.2, 0.25) is 5.69 Å². The summed E-state index contributed by atoms with van der Waals surface area (Å²) in [7, 11) is 3.78. The van der Waals surface area contributed by atoms with Gasteiger partial charge in [-0.05, 0) is 63.7 Å². The largest absolute Gasteiger partial charge is 0.352 e. The number of amides is 1. The van der Waals surface area contributed by atoms with Crippen molar-refractivity contribution in [3.05, 3.63) is 91.3 Å². The lowest BCUT2D eigenvalue weighted by Gasteiger charge is -2.14. The highest BCUT2D eigenvalue weighted by Gasteiger charge is 2.20. The second kappa shape index (κ2) is 9.74. The number of likely N-dealkylation sites (N-methyl/N-ethyl adjacent to an activating group) is 1. The molecular weight excluding hydrogens is 406 g/mol. The minimum atomic E-state index is -0.709. The topological polar surface area (TPSA) is 89.2 Å². The molecule has 0 aliphatic heterocycles. The molecule has 0 saturated carbocycles. The Morgan fingerprint density at radius 3 is 2.31 bits per heavy atom. The maximum absolute atomic E-state index is 13.3. The van der Waals surface area contributed by atoms with Crippen molar-refractivity contribution in [2.75, 3.05) is 27.2 Å². The summed E-state index contributed by atoms with van der Waals surface area (Å²) in [6.07, 6.45) is 0. The van der Waals surface area contributed by atoms with Gasteiger partial charge in [-0.1, -0.05) is 35.9 Å². The summed E-state index contributed by atoms with van der Waals surface area (Å²) < 4.78 is 2.21. The van der Waals surface area contributed by atoms with Crippen LogP contribution in [0.2, 0.25) is 0 Å². The Bertz CT molecular complexity index is 1240. The zero-order chi connectivity index (χ0) is 23.4. The molecule has 0 radical (unpaired) electrons. The van der Waals surface area contributed by atoms with Crippen LogP contribution >= 0.6 is 0 Å². The molecule has 0 bridgehead atoms. The van der Waals surface area contributed by atoms with E-state index in [-0.39, 0.29) is 12.2 Å². The van der Waals surface area contributed by atoms with Gasteiger partial charge in [-0.15, -0.1) is 0 Å². The summed E-state index contributed by atoms with van der Waals surface area (Å²) >= 11 is 0. The molecule has 0 aliphatic rings. The van der Waals surface area contributed by atoms with E-state index in [2.05, 4.69) is 10.4 Å². The zero-order valence-corrected chi connectivity index (χ0v) is 19.2. The Kier molecular flexibility index (Phi) is 7.05. The lowest BCUT2D eigenvalue weighted by molar-refractivity contribution is 0.0941. The molecule has 0 aliphatic carbocycles. The summed E-state index contributed by atoms with van der Waals surface area (Å²) in [5, 5.41) is 6.91. The number of hydrogen-bond acceptors (Lipinski definition) is 5. The lowest BCUT2D eigenvalue weighted by Crippen LogP contribution is -2.46. The Labute approximate surface area is 187 Å². The molecule has 3 rings (SSSR count). The maximum Gasteiger partial charge on any atom is 0.352 e. The standard InChI is InChI=1S/C24H29N5O3/c1-16-7-6-8-19(12-16)15-28-23(31)21(22(30)25-9-10-27(4)5)26-29(24(28)32)20-13-17(2)11-18(3)14-20/h6-8,11-14H,9-10,15H2,1-5H3,(H,25,30). The van der Waals surface area contributed by atoms with Crippen molar-refractivity contribution in [3.8, 4) is 5.69 Å². The minimum absolute atomic E-state index is 0.0463. The van der Waals surface area contributed by atoms with Gasteiger partial charge in [0.15, 0.2) is 0 Å². The van der Waals surface area contributed by atoms with Gasteiger partial charge in [-0.3, -0.25) is 14.2 Å². The summed E-state index contributed by atoms with van der Waals surface area (Å²) in [5.41, 5.74) is 2.60. The fraction of sp³-hybridized carbons (Fsp3) is 0.333. The summed E-state index contributed by atoms with van der Waals surface area (Å²) in [6.45, 7) is 6.78. The predicted octanol–water partition coefficient (Wildman–Crippen LogP) is 1.66. The first-order valence-corrected chi connectivity index (χ1v) is 10.5. The third-order valence-electron chi connectivity index (χ3n) is 4.99. The zero-order valence-electron chi connectivity index (χ0n) is 19.2. The summed E-state index contributed by atoms with van der Waals surface area (Å²) in [6, 6.07) is 13.1. The molecule has 8 heteroatoms. The van der Waals surface area contributed by atoms with E-state index in [1.54, 1.807) is 12.1 Å². The first kappa shape index (κ1) is 23.1. The highest BCUT2D eigenvalue weighted by atomic mass is 16.2. The van der Waals surface area contributed by atoms with E-state index in [9.17, 15) is 14.4 Å². The molecule has 3 aromatic rings. The van der Waals surface area contributed by atoms with Gasteiger partial charge in [-0.25, -0.2) is 4.79 Å². The number of carbonyl (C=O) groups excluding carboxylic acids is 1. The van der Waals surface area contributed by atoms with E-state index < -0.39 is 17.2 Å². The van der Waals surface area contributed by atoms with Gasteiger partial charge in [-0.2, -0.15) is 9.78 Å². The fourth-order valence-electron chi connectivity index (χ4n) is 3.51. The number of benzene rings is 2. The molecule has 0 fully saturated rings. The highest BCUT2D eigenvalue weighted by molar-refractivity contribution is 5.91. The van der Waals surface area contributed by atoms with Gasteiger partial charge >= 0.3 is 5.69 Å². The molecule has 1 aromatic heterocycles. The number of rotatable bonds is 7. The van der Waals surface area contributed by atoms with Crippen LogP contribution < -0.4 is 16.6 Å². The number of nitrogens with one attached hydrogen (secondary N) is 1. The molecule has 8 nitrogen and oxygen atoms in total. The molecular formula is C24H29N5O3. The average molecular weight is 436 g/mol. The third kappa shape index (κ3) is 5.39. The van der Waals surface area contributed by atoms with E-state index in [1.807, 2.05) is 70.1 Å². The van der Waals surface area contributed by atoms with E-state index >= 15 is 0 Å². The smallest absolute Gasteiger partial charge is 0.349 e. The van der Waals surface area contributed by atoms with Crippen molar-refractivity contribution in [1.82, 2.24) is 24.6 Å². The molecule has 1 N–H and O–H groups in total.